The van der Waals surface area contributed by atoms with Crippen molar-refractivity contribution in [3.63, 3.8) is 0 Å². The van der Waals surface area contributed by atoms with E-state index in [9.17, 15) is 9.18 Å². The third-order valence-corrected chi connectivity index (χ3v) is 5.85. The van der Waals surface area contributed by atoms with Crippen LogP contribution in [0.15, 0.2) is 35.1 Å². The highest BCUT2D eigenvalue weighted by Crippen LogP contribution is 2.41. The maximum atomic E-state index is 13.2. The molecule has 0 spiro atoms. The molecule has 1 aromatic heterocycles. The number of oxazole rings is 1. The first-order valence-corrected chi connectivity index (χ1v) is 10.2. The lowest BCUT2D eigenvalue weighted by Gasteiger charge is -2.34. The number of halogens is 1. The van der Waals surface area contributed by atoms with Crippen molar-refractivity contribution in [3.05, 3.63) is 53.5 Å². The zero-order valence-electron chi connectivity index (χ0n) is 16.6. The molecule has 0 N–H and O–H groups in total. The highest BCUT2D eigenvalue weighted by Gasteiger charge is 2.36. The van der Waals surface area contributed by atoms with E-state index < -0.39 is 0 Å². The van der Waals surface area contributed by atoms with Crippen molar-refractivity contribution >= 4 is 5.91 Å². The van der Waals surface area contributed by atoms with E-state index >= 15 is 0 Å². The van der Waals surface area contributed by atoms with E-state index in [0.29, 0.717) is 24.1 Å². The van der Waals surface area contributed by atoms with E-state index in [0.717, 1.165) is 50.2 Å². The lowest BCUT2D eigenvalue weighted by atomic mass is 10.0. The van der Waals surface area contributed by atoms with Crippen molar-refractivity contribution in [2.75, 3.05) is 19.6 Å². The summed E-state index contributed by atoms with van der Waals surface area (Å²) in [5, 5.41) is 0. The third-order valence-electron chi connectivity index (χ3n) is 5.85. The molecule has 28 heavy (non-hydrogen) atoms. The number of nitrogens with zero attached hydrogens (tertiary/aromatic N) is 3. The van der Waals surface area contributed by atoms with E-state index in [1.807, 2.05) is 17.0 Å². The van der Waals surface area contributed by atoms with Gasteiger partial charge in [-0.1, -0.05) is 26.0 Å². The second-order valence-corrected chi connectivity index (χ2v) is 8.35. The number of carbonyl (C=O) groups excluding carboxylic acids is 1. The summed E-state index contributed by atoms with van der Waals surface area (Å²) in [7, 11) is 0. The summed E-state index contributed by atoms with van der Waals surface area (Å²) in [5.74, 6) is 1.30. The van der Waals surface area contributed by atoms with Crippen molar-refractivity contribution in [3.8, 4) is 0 Å². The number of benzene rings is 1. The van der Waals surface area contributed by atoms with Gasteiger partial charge in [0, 0.05) is 38.1 Å². The molecule has 2 aliphatic rings. The van der Waals surface area contributed by atoms with Crippen LogP contribution >= 0.6 is 0 Å². The second kappa shape index (κ2) is 8.03. The molecule has 1 saturated carbocycles. The maximum absolute atomic E-state index is 13.2. The number of aromatic nitrogens is 1. The van der Waals surface area contributed by atoms with Gasteiger partial charge in [0.25, 0.3) is 5.91 Å². The highest BCUT2D eigenvalue weighted by molar-refractivity contribution is 5.93. The largest absolute Gasteiger partial charge is 0.447 e. The van der Waals surface area contributed by atoms with Crippen LogP contribution in [-0.2, 0) is 6.54 Å². The smallest absolute Gasteiger partial charge is 0.276 e. The Morgan fingerprint density at radius 1 is 1.25 bits per heavy atom. The van der Waals surface area contributed by atoms with E-state index in [-0.39, 0.29) is 17.8 Å². The van der Waals surface area contributed by atoms with Crippen LogP contribution in [-0.4, -0.2) is 46.4 Å². The second-order valence-electron chi connectivity index (χ2n) is 8.35. The molecule has 1 saturated heterocycles. The first kappa shape index (κ1) is 19.1. The van der Waals surface area contributed by atoms with Crippen molar-refractivity contribution in [1.82, 2.24) is 14.8 Å². The molecule has 1 aliphatic heterocycles. The topological polar surface area (TPSA) is 49.6 Å². The molecular weight excluding hydrogens is 357 g/mol. The SMILES string of the molecule is CC(C)[C@H]1CN(C(=O)c2ncoc2C2CC2)CCCN1Cc1ccc(F)cc1. The number of hydrogen-bond acceptors (Lipinski definition) is 4. The van der Waals surface area contributed by atoms with Gasteiger partial charge in [0.05, 0.1) is 0 Å². The first-order chi connectivity index (χ1) is 13.5. The summed E-state index contributed by atoms with van der Waals surface area (Å²) in [6.07, 6.45) is 4.47. The van der Waals surface area contributed by atoms with Gasteiger partial charge in [0.15, 0.2) is 12.1 Å². The Kier molecular flexibility index (Phi) is 5.49. The normalized spacial score (nSPS) is 21.1. The van der Waals surface area contributed by atoms with Crippen molar-refractivity contribution in [2.24, 2.45) is 5.92 Å². The molecule has 2 heterocycles. The Balaban J connectivity index is 1.50. The summed E-state index contributed by atoms with van der Waals surface area (Å²) in [6, 6.07) is 6.96. The van der Waals surface area contributed by atoms with Gasteiger partial charge >= 0.3 is 0 Å². The summed E-state index contributed by atoms with van der Waals surface area (Å²) >= 11 is 0. The molecule has 0 bridgehead atoms. The predicted octanol–water partition coefficient (Wildman–Crippen LogP) is 4.06. The Hall–Kier alpha value is -2.21. The number of amides is 1. The standard InChI is InChI=1S/C22H28FN3O2/c1-15(2)19-13-26(22(27)20-21(17-6-7-17)28-14-24-20)11-3-10-25(19)12-16-4-8-18(23)9-5-16/h4-5,8-9,14-15,17,19H,3,6-7,10-13H2,1-2H3/t19-/m1/s1. The van der Waals surface area contributed by atoms with Crippen molar-refractivity contribution in [1.29, 1.82) is 0 Å². The van der Waals surface area contributed by atoms with Crippen LogP contribution in [0.5, 0.6) is 0 Å². The van der Waals surface area contributed by atoms with Crippen LogP contribution in [0.4, 0.5) is 4.39 Å². The molecule has 1 atom stereocenters. The molecule has 1 amide bonds. The average molecular weight is 385 g/mol. The summed E-state index contributed by atoms with van der Waals surface area (Å²) in [6.45, 7) is 7.47. The van der Waals surface area contributed by atoms with E-state index in [1.54, 1.807) is 0 Å². The van der Waals surface area contributed by atoms with Gasteiger partial charge in [-0.3, -0.25) is 9.69 Å². The van der Waals surface area contributed by atoms with Crippen LogP contribution in [0.3, 0.4) is 0 Å². The van der Waals surface area contributed by atoms with Crippen LogP contribution in [0.2, 0.25) is 0 Å². The molecule has 4 rings (SSSR count). The van der Waals surface area contributed by atoms with Crippen molar-refractivity contribution in [2.45, 2.75) is 51.6 Å². The molecule has 5 nitrogen and oxygen atoms in total. The molecule has 150 valence electrons. The monoisotopic (exact) mass is 385 g/mol. The summed E-state index contributed by atoms with van der Waals surface area (Å²) < 4.78 is 18.7. The zero-order valence-corrected chi connectivity index (χ0v) is 16.6. The van der Waals surface area contributed by atoms with E-state index in [1.165, 1.54) is 18.5 Å². The predicted molar refractivity (Wildman–Crippen MR) is 104 cm³/mol. The fourth-order valence-corrected chi connectivity index (χ4v) is 4.10. The summed E-state index contributed by atoms with van der Waals surface area (Å²) in [5.41, 5.74) is 1.59. The lowest BCUT2D eigenvalue weighted by Crippen LogP contribution is -2.45. The zero-order chi connectivity index (χ0) is 19.7. The molecule has 1 aromatic carbocycles. The van der Waals surface area contributed by atoms with Gasteiger partial charge in [-0.2, -0.15) is 0 Å². The number of hydrogen-bond donors (Lipinski definition) is 0. The van der Waals surface area contributed by atoms with Crippen LogP contribution in [0, 0.1) is 11.7 Å². The van der Waals surface area contributed by atoms with Gasteiger partial charge in [0.1, 0.15) is 11.6 Å². The highest BCUT2D eigenvalue weighted by atomic mass is 19.1. The third kappa shape index (κ3) is 4.12. The minimum Gasteiger partial charge on any atom is -0.447 e. The minimum absolute atomic E-state index is 0.00932. The van der Waals surface area contributed by atoms with Crippen LogP contribution in [0.1, 0.15) is 60.8 Å². The fourth-order valence-electron chi connectivity index (χ4n) is 4.10. The van der Waals surface area contributed by atoms with Crippen LogP contribution < -0.4 is 0 Å². The molecule has 0 unspecified atom stereocenters. The van der Waals surface area contributed by atoms with Gasteiger partial charge in [-0.15, -0.1) is 0 Å². The Labute approximate surface area is 165 Å². The first-order valence-electron chi connectivity index (χ1n) is 10.2. The summed E-state index contributed by atoms with van der Waals surface area (Å²) in [4.78, 5) is 21.8. The molecule has 1 aliphatic carbocycles. The van der Waals surface area contributed by atoms with Gasteiger partial charge in [0.2, 0.25) is 0 Å². The fraction of sp³-hybridized carbons (Fsp3) is 0.545. The average Bonchev–Trinajstić information content (AvgIpc) is 3.44. The van der Waals surface area contributed by atoms with Crippen molar-refractivity contribution < 1.29 is 13.6 Å². The number of carbonyl (C=O) groups is 1. The Morgan fingerprint density at radius 3 is 2.68 bits per heavy atom. The maximum Gasteiger partial charge on any atom is 0.276 e. The molecule has 2 fully saturated rings. The Morgan fingerprint density at radius 2 is 2.00 bits per heavy atom. The van der Waals surface area contributed by atoms with Gasteiger partial charge in [-0.05, 0) is 42.9 Å². The molecule has 6 heteroatoms. The molecule has 2 aromatic rings. The van der Waals surface area contributed by atoms with E-state index in [4.69, 9.17) is 4.42 Å². The quantitative estimate of drug-likeness (QED) is 0.779. The molecular formula is C22H28FN3O2. The minimum atomic E-state index is -0.212. The lowest BCUT2D eigenvalue weighted by molar-refractivity contribution is 0.0695. The van der Waals surface area contributed by atoms with Gasteiger partial charge < -0.3 is 9.32 Å². The van der Waals surface area contributed by atoms with Crippen LogP contribution in [0.25, 0.3) is 0 Å². The van der Waals surface area contributed by atoms with Gasteiger partial charge in [-0.25, -0.2) is 9.37 Å². The Bertz CT molecular complexity index is 813. The molecule has 0 radical (unpaired) electrons. The van der Waals surface area contributed by atoms with E-state index in [2.05, 4.69) is 23.7 Å². The number of rotatable bonds is 5.